The first-order valence-electron chi connectivity index (χ1n) is 7.94. The van der Waals surface area contributed by atoms with Crippen molar-refractivity contribution >= 4 is 23.8 Å². The van der Waals surface area contributed by atoms with Gasteiger partial charge in [0, 0.05) is 36.8 Å². The van der Waals surface area contributed by atoms with Gasteiger partial charge in [-0.2, -0.15) is 0 Å². The third-order valence-electron chi connectivity index (χ3n) is 4.97. The lowest BCUT2D eigenvalue weighted by atomic mass is 9.60. The van der Waals surface area contributed by atoms with Crippen molar-refractivity contribution in [2.75, 3.05) is 13.2 Å². The molecule has 2 fully saturated rings. The average Bonchev–Trinajstić information content (AvgIpc) is 3.10. The fourth-order valence-electron chi connectivity index (χ4n) is 3.63. The number of carbonyl (C=O) groups is 1. The summed E-state index contributed by atoms with van der Waals surface area (Å²) in [6.07, 6.45) is 9.65. The number of Topliss-reactive ketones (excluding diaryl/α,β-unsaturated/α-hetero) is 1. The lowest BCUT2D eigenvalue weighted by Gasteiger charge is -2.44. The fourth-order valence-corrected chi connectivity index (χ4v) is 3.63. The predicted molar refractivity (Wildman–Crippen MR) is 87.6 cm³/mol. The molecule has 1 spiro atoms. The Balaban J connectivity index is 1.62. The molecule has 4 rings (SSSR count). The van der Waals surface area contributed by atoms with Crippen LogP contribution in [0.1, 0.15) is 36.8 Å². The molecule has 1 aliphatic carbocycles. The van der Waals surface area contributed by atoms with Crippen LogP contribution in [0.3, 0.4) is 0 Å². The molecule has 3 aliphatic rings. The van der Waals surface area contributed by atoms with E-state index < -0.39 is 0 Å². The fraction of sp³-hybridized carbons (Fsp3) is 0.368. The first kappa shape index (κ1) is 13.6. The summed E-state index contributed by atoms with van der Waals surface area (Å²) in [6.45, 7) is 1.44. The van der Waals surface area contributed by atoms with Gasteiger partial charge in [0.25, 0.3) is 0 Å². The Hall–Kier alpha value is -2.00. The van der Waals surface area contributed by atoms with E-state index in [0.29, 0.717) is 5.78 Å². The standard InChI is InChI=1S/C19H19NO2/c21-18-15(13-19(18)7-10-22-11-8-19)12-14-4-1-2-5-16(14)17-6-3-9-20-17/h1-2,4-6,9,12H,3,7-8,10-11,13H2/b15-12+. The van der Waals surface area contributed by atoms with Crippen molar-refractivity contribution in [2.24, 2.45) is 10.4 Å². The van der Waals surface area contributed by atoms with Crippen molar-refractivity contribution in [3.63, 3.8) is 0 Å². The number of nitrogens with zero attached hydrogens (tertiary/aromatic N) is 1. The van der Waals surface area contributed by atoms with E-state index in [2.05, 4.69) is 29.3 Å². The normalized spacial score (nSPS) is 24.6. The van der Waals surface area contributed by atoms with Crippen LogP contribution in [0.15, 0.2) is 40.9 Å². The summed E-state index contributed by atoms with van der Waals surface area (Å²) in [4.78, 5) is 17.0. The van der Waals surface area contributed by atoms with E-state index in [1.54, 1.807) is 0 Å². The quantitative estimate of drug-likeness (QED) is 0.781. The van der Waals surface area contributed by atoms with Crippen LogP contribution in [0.4, 0.5) is 0 Å². The van der Waals surface area contributed by atoms with Gasteiger partial charge < -0.3 is 4.74 Å². The lowest BCUT2D eigenvalue weighted by molar-refractivity contribution is -0.137. The average molecular weight is 293 g/mol. The van der Waals surface area contributed by atoms with Crippen LogP contribution in [0.5, 0.6) is 0 Å². The molecule has 0 N–H and O–H groups in total. The van der Waals surface area contributed by atoms with Gasteiger partial charge in [0.2, 0.25) is 0 Å². The zero-order chi connectivity index (χ0) is 15.0. The van der Waals surface area contributed by atoms with Crippen molar-refractivity contribution < 1.29 is 9.53 Å². The van der Waals surface area contributed by atoms with E-state index in [1.807, 2.05) is 18.3 Å². The minimum absolute atomic E-state index is 0.121. The maximum atomic E-state index is 12.6. The Morgan fingerprint density at radius 2 is 2.00 bits per heavy atom. The van der Waals surface area contributed by atoms with Gasteiger partial charge in [-0.1, -0.05) is 30.3 Å². The molecule has 0 bridgehead atoms. The molecule has 0 aromatic heterocycles. The summed E-state index contributed by atoms with van der Waals surface area (Å²) in [6, 6.07) is 8.19. The number of allylic oxidation sites excluding steroid dienone is 2. The van der Waals surface area contributed by atoms with Crippen molar-refractivity contribution in [1.82, 2.24) is 0 Å². The van der Waals surface area contributed by atoms with Crippen molar-refractivity contribution in [1.29, 1.82) is 0 Å². The van der Waals surface area contributed by atoms with E-state index >= 15 is 0 Å². The number of carbonyl (C=O) groups excluding carboxylic acids is 1. The number of ether oxygens (including phenoxy) is 1. The van der Waals surface area contributed by atoms with Crippen molar-refractivity contribution in [3.8, 4) is 0 Å². The first-order chi connectivity index (χ1) is 10.8. The minimum atomic E-state index is -0.121. The molecule has 0 amide bonds. The zero-order valence-electron chi connectivity index (χ0n) is 12.5. The Morgan fingerprint density at radius 1 is 1.18 bits per heavy atom. The van der Waals surface area contributed by atoms with Crippen LogP contribution in [0.2, 0.25) is 0 Å². The van der Waals surface area contributed by atoms with Crippen LogP contribution in [-0.4, -0.2) is 25.2 Å². The summed E-state index contributed by atoms with van der Waals surface area (Å²) < 4.78 is 5.39. The molecule has 0 unspecified atom stereocenters. The van der Waals surface area contributed by atoms with Gasteiger partial charge in [0.15, 0.2) is 5.78 Å². The van der Waals surface area contributed by atoms with Crippen LogP contribution in [0.25, 0.3) is 11.8 Å². The third kappa shape index (κ3) is 2.17. The zero-order valence-corrected chi connectivity index (χ0v) is 12.5. The number of rotatable bonds is 2. The van der Waals surface area contributed by atoms with Crippen molar-refractivity contribution in [3.05, 3.63) is 47.0 Å². The van der Waals surface area contributed by atoms with Gasteiger partial charge in [-0.15, -0.1) is 0 Å². The number of ketones is 1. The molecule has 112 valence electrons. The summed E-state index contributed by atoms with van der Waals surface area (Å²) in [5, 5.41) is 0. The summed E-state index contributed by atoms with van der Waals surface area (Å²) in [7, 11) is 0. The van der Waals surface area contributed by atoms with Crippen LogP contribution < -0.4 is 0 Å². The molecule has 2 heterocycles. The highest BCUT2D eigenvalue weighted by Crippen LogP contribution is 2.49. The number of benzene rings is 1. The minimum Gasteiger partial charge on any atom is -0.381 e. The van der Waals surface area contributed by atoms with Gasteiger partial charge in [-0.3, -0.25) is 9.79 Å². The highest BCUT2D eigenvalue weighted by atomic mass is 16.5. The largest absolute Gasteiger partial charge is 0.381 e. The van der Waals surface area contributed by atoms with Gasteiger partial charge in [-0.25, -0.2) is 0 Å². The molecule has 1 saturated carbocycles. The number of aliphatic imine (C=N–C) groups is 1. The second-order valence-electron chi connectivity index (χ2n) is 6.29. The van der Waals surface area contributed by atoms with E-state index in [-0.39, 0.29) is 5.41 Å². The highest BCUT2D eigenvalue weighted by Gasteiger charge is 2.50. The molecular weight excluding hydrogens is 274 g/mol. The van der Waals surface area contributed by atoms with Gasteiger partial charge in [0.05, 0.1) is 5.70 Å². The van der Waals surface area contributed by atoms with Crippen LogP contribution in [-0.2, 0) is 9.53 Å². The molecule has 3 nitrogen and oxygen atoms in total. The monoisotopic (exact) mass is 293 g/mol. The molecular formula is C19H19NO2. The molecule has 1 aromatic rings. The van der Waals surface area contributed by atoms with E-state index in [1.165, 1.54) is 0 Å². The predicted octanol–water partition coefficient (Wildman–Crippen LogP) is 3.66. The third-order valence-corrected chi connectivity index (χ3v) is 4.97. The molecule has 0 radical (unpaired) electrons. The smallest absolute Gasteiger partial charge is 0.165 e. The Labute approximate surface area is 130 Å². The molecule has 3 heteroatoms. The Bertz CT molecular complexity index is 706. The highest BCUT2D eigenvalue weighted by molar-refractivity contribution is 6.10. The van der Waals surface area contributed by atoms with E-state index in [4.69, 9.17) is 4.74 Å². The van der Waals surface area contributed by atoms with E-state index in [9.17, 15) is 4.79 Å². The topological polar surface area (TPSA) is 38.7 Å². The number of hydrogen-bond donors (Lipinski definition) is 0. The maximum absolute atomic E-state index is 12.6. The van der Waals surface area contributed by atoms with Crippen molar-refractivity contribution in [2.45, 2.75) is 25.7 Å². The summed E-state index contributed by atoms with van der Waals surface area (Å²) in [5.41, 5.74) is 4.06. The first-order valence-corrected chi connectivity index (χ1v) is 7.94. The van der Waals surface area contributed by atoms with E-state index in [0.717, 1.165) is 61.3 Å². The molecule has 1 saturated heterocycles. The second-order valence-corrected chi connectivity index (χ2v) is 6.29. The molecule has 22 heavy (non-hydrogen) atoms. The van der Waals surface area contributed by atoms with Gasteiger partial charge in [0.1, 0.15) is 0 Å². The van der Waals surface area contributed by atoms with Crippen LogP contribution in [0, 0.1) is 5.41 Å². The Morgan fingerprint density at radius 3 is 2.73 bits per heavy atom. The maximum Gasteiger partial charge on any atom is 0.165 e. The van der Waals surface area contributed by atoms with Gasteiger partial charge >= 0.3 is 0 Å². The Kier molecular flexibility index (Phi) is 3.30. The van der Waals surface area contributed by atoms with Crippen LogP contribution >= 0.6 is 0 Å². The lowest BCUT2D eigenvalue weighted by Crippen LogP contribution is -2.46. The second kappa shape index (κ2) is 5.33. The summed E-state index contributed by atoms with van der Waals surface area (Å²) >= 11 is 0. The summed E-state index contributed by atoms with van der Waals surface area (Å²) in [5.74, 6) is 0.328. The molecule has 1 aromatic carbocycles. The molecule has 2 aliphatic heterocycles. The molecule has 0 atom stereocenters. The number of hydrogen-bond acceptors (Lipinski definition) is 3. The SMILES string of the molecule is O=C1/C(=C/c2ccccc2C2=CCC=N2)CC12CCOCC2. The van der Waals surface area contributed by atoms with Gasteiger partial charge in [-0.05, 0) is 36.5 Å².